The first-order valence-electron chi connectivity index (χ1n) is 8.68. The van der Waals surface area contributed by atoms with Crippen LogP contribution in [0.3, 0.4) is 0 Å². The summed E-state index contributed by atoms with van der Waals surface area (Å²) in [6, 6.07) is 11.2. The number of hydrogen-bond donors (Lipinski definition) is 0. The van der Waals surface area contributed by atoms with Crippen molar-refractivity contribution in [2.75, 3.05) is 18.1 Å². The maximum absolute atomic E-state index is 13.4. The van der Waals surface area contributed by atoms with Crippen molar-refractivity contribution in [3.8, 4) is 11.5 Å². The molecule has 1 saturated heterocycles. The Morgan fingerprint density at radius 1 is 1.33 bits per heavy atom. The second-order valence-electron chi connectivity index (χ2n) is 6.34. The lowest BCUT2D eigenvalue weighted by atomic mass is 10.1. The first kappa shape index (κ1) is 17.2. The van der Waals surface area contributed by atoms with Gasteiger partial charge in [0, 0.05) is 24.2 Å². The second kappa shape index (κ2) is 6.83. The van der Waals surface area contributed by atoms with E-state index in [4.69, 9.17) is 9.15 Å². The SMILES string of the molecule is CCOC(=O)[C@@H]1CC(=O)N(c2ccc3oc(-c4cccc(F)c4)nc3c2)C1. The van der Waals surface area contributed by atoms with Gasteiger partial charge in [0.25, 0.3) is 0 Å². The number of rotatable bonds is 4. The zero-order valence-electron chi connectivity index (χ0n) is 14.6. The maximum Gasteiger partial charge on any atom is 0.311 e. The number of aromatic nitrogens is 1. The van der Waals surface area contributed by atoms with Crippen LogP contribution in [0.4, 0.5) is 10.1 Å². The number of ether oxygens (including phenoxy) is 1. The van der Waals surface area contributed by atoms with Crippen molar-refractivity contribution in [3.63, 3.8) is 0 Å². The highest BCUT2D eigenvalue weighted by atomic mass is 19.1. The number of amides is 1. The predicted molar refractivity (Wildman–Crippen MR) is 96.5 cm³/mol. The Morgan fingerprint density at radius 2 is 2.19 bits per heavy atom. The molecule has 4 rings (SSSR count). The molecule has 0 radical (unpaired) electrons. The molecule has 1 aliphatic heterocycles. The monoisotopic (exact) mass is 368 g/mol. The van der Waals surface area contributed by atoms with Crippen molar-refractivity contribution in [2.24, 2.45) is 5.92 Å². The minimum atomic E-state index is -0.465. The molecule has 1 aliphatic rings. The van der Waals surface area contributed by atoms with E-state index in [9.17, 15) is 14.0 Å². The molecule has 0 unspecified atom stereocenters. The third kappa shape index (κ3) is 3.28. The van der Waals surface area contributed by atoms with Crippen LogP contribution in [0.15, 0.2) is 46.9 Å². The topological polar surface area (TPSA) is 72.6 Å². The van der Waals surface area contributed by atoms with Gasteiger partial charge in [-0.2, -0.15) is 0 Å². The van der Waals surface area contributed by atoms with E-state index in [2.05, 4.69) is 4.98 Å². The molecular weight excluding hydrogens is 351 g/mol. The highest BCUT2D eigenvalue weighted by Gasteiger charge is 2.36. The molecule has 1 fully saturated rings. The number of halogens is 1. The molecule has 138 valence electrons. The summed E-state index contributed by atoms with van der Waals surface area (Å²) in [6.45, 7) is 2.30. The molecule has 1 aromatic heterocycles. The molecule has 27 heavy (non-hydrogen) atoms. The Hall–Kier alpha value is -3.22. The Balaban J connectivity index is 1.62. The molecule has 3 aromatic rings. The number of esters is 1. The molecule has 0 bridgehead atoms. The maximum atomic E-state index is 13.4. The summed E-state index contributed by atoms with van der Waals surface area (Å²) in [4.78, 5) is 30.2. The molecule has 7 heteroatoms. The number of benzene rings is 2. The summed E-state index contributed by atoms with van der Waals surface area (Å²) < 4.78 is 24.1. The minimum absolute atomic E-state index is 0.129. The number of carbonyl (C=O) groups is 2. The molecule has 1 atom stereocenters. The van der Waals surface area contributed by atoms with Crippen LogP contribution in [0.25, 0.3) is 22.6 Å². The van der Waals surface area contributed by atoms with Crippen LogP contribution in [0.2, 0.25) is 0 Å². The van der Waals surface area contributed by atoms with Gasteiger partial charge < -0.3 is 14.1 Å². The fraction of sp³-hybridized carbons (Fsp3) is 0.250. The van der Waals surface area contributed by atoms with Crippen molar-refractivity contribution in [3.05, 3.63) is 48.3 Å². The lowest BCUT2D eigenvalue weighted by molar-refractivity contribution is -0.147. The Kier molecular flexibility index (Phi) is 4.35. The summed E-state index contributed by atoms with van der Waals surface area (Å²) in [7, 11) is 0. The molecule has 0 spiro atoms. The van der Waals surface area contributed by atoms with E-state index in [1.165, 1.54) is 12.1 Å². The van der Waals surface area contributed by atoms with Gasteiger partial charge in [-0.25, -0.2) is 9.37 Å². The minimum Gasteiger partial charge on any atom is -0.466 e. The fourth-order valence-corrected chi connectivity index (χ4v) is 3.20. The molecule has 1 amide bonds. The first-order chi connectivity index (χ1) is 13.0. The van der Waals surface area contributed by atoms with Crippen LogP contribution in [-0.4, -0.2) is 30.0 Å². The van der Waals surface area contributed by atoms with Gasteiger partial charge in [-0.15, -0.1) is 0 Å². The molecule has 2 aromatic carbocycles. The summed E-state index contributed by atoms with van der Waals surface area (Å²) in [5, 5.41) is 0. The van der Waals surface area contributed by atoms with Crippen molar-refractivity contribution in [1.29, 1.82) is 0 Å². The van der Waals surface area contributed by atoms with E-state index in [1.54, 1.807) is 42.2 Å². The summed E-state index contributed by atoms with van der Waals surface area (Å²) >= 11 is 0. The highest BCUT2D eigenvalue weighted by Crippen LogP contribution is 2.31. The number of hydrogen-bond acceptors (Lipinski definition) is 5. The van der Waals surface area contributed by atoms with Gasteiger partial charge in [-0.3, -0.25) is 9.59 Å². The van der Waals surface area contributed by atoms with Crippen LogP contribution in [0, 0.1) is 11.7 Å². The summed E-state index contributed by atoms with van der Waals surface area (Å²) in [5.41, 5.74) is 2.26. The molecule has 2 heterocycles. The number of carbonyl (C=O) groups excluding carboxylic acids is 2. The molecular formula is C20H17FN2O4. The smallest absolute Gasteiger partial charge is 0.311 e. The Morgan fingerprint density at radius 3 is 2.96 bits per heavy atom. The van der Waals surface area contributed by atoms with E-state index in [0.717, 1.165) is 0 Å². The quantitative estimate of drug-likeness (QED) is 0.659. The molecule has 6 nitrogen and oxygen atoms in total. The van der Waals surface area contributed by atoms with Crippen molar-refractivity contribution in [2.45, 2.75) is 13.3 Å². The first-order valence-corrected chi connectivity index (χ1v) is 8.68. The van der Waals surface area contributed by atoms with Crippen LogP contribution < -0.4 is 4.90 Å². The molecule has 0 aliphatic carbocycles. The van der Waals surface area contributed by atoms with Crippen LogP contribution in [-0.2, 0) is 14.3 Å². The van der Waals surface area contributed by atoms with Crippen LogP contribution in [0.5, 0.6) is 0 Å². The lowest BCUT2D eigenvalue weighted by Gasteiger charge is -2.16. The number of anilines is 1. The normalized spacial score (nSPS) is 16.9. The molecule has 0 N–H and O–H groups in total. The van der Waals surface area contributed by atoms with E-state index in [0.29, 0.717) is 28.2 Å². The summed E-state index contributed by atoms with van der Waals surface area (Å²) in [5.74, 6) is -1.03. The van der Waals surface area contributed by atoms with Crippen LogP contribution in [0.1, 0.15) is 13.3 Å². The average Bonchev–Trinajstić information content (AvgIpc) is 3.25. The Labute approximate surface area is 154 Å². The molecule has 0 saturated carbocycles. The second-order valence-corrected chi connectivity index (χ2v) is 6.34. The van der Waals surface area contributed by atoms with Gasteiger partial charge in [0.2, 0.25) is 11.8 Å². The third-order valence-electron chi connectivity index (χ3n) is 4.50. The van der Waals surface area contributed by atoms with Gasteiger partial charge in [-0.05, 0) is 43.3 Å². The largest absolute Gasteiger partial charge is 0.466 e. The highest BCUT2D eigenvalue weighted by molar-refractivity contribution is 6.00. The van der Waals surface area contributed by atoms with Gasteiger partial charge in [0.15, 0.2) is 5.58 Å². The van der Waals surface area contributed by atoms with Gasteiger partial charge >= 0.3 is 5.97 Å². The standard InChI is InChI=1S/C20H17FN2O4/c1-2-26-20(25)13-9-18(24)23(11-13)15-6-7-17-16(10-15)22-19(27-17)12-4-3-5-14(21)8-12/h3-8,10,13H,2,9,11H2,1H3/t13-/m1/s1. The number of nitrogens with zero attached hydrogens (tertiary/aromatic N) is 2. The van der Waals surface area contributed by atoms with Gasteiger partial charge in [0.05, 0.1) is 12.5 Å². The lowest BCUT2D eigenvalue weighted by Crippen LogP contribution is -2.26. The number of oxazole rings is 1. The average molecular weight is 368 g/mol. The third-order valence-corrected chi connectivity index (χ3v) is 4.50. The van der Waals surface area contributed by atoms with E-state index < -0.39 is 5.92 Å². The number of fused-ring (bicyclic) bond motifs is 1. The Bertz CT molecular complexity index is 1030. The zero-order chi connectivity index (χ0) is 19.0. The predicted octanol–water partition coefficient (Wildman–Crippen LogP) is 3.55. The van der Waals surface area contributed by atoms with Gasteiger partial charge in [-0.1, -0.05) is 6.07 Å². The van der Waals surface area contributed by atoms with E-state index in [1.807, 2.05) is 0 Å². The fourth-order valence-electron chi connectivity index (χ4n) is 3.20. The van der Waals surface area contributed by atoms with Crippen molar-refractivity contribution in [1.82, 2.24) is 4.98 Å². The zero-order valence-corrected chi connectivity index (χ0v) is 14.6. The van der Waals surface area contributed by atoms with Gasteiger partial charge in [0.1, 0.15) is 11.3 Å². The van der Waals surface area contributed by atoms with Crippen molar-refractivity contribution < 1.29 is 23.1 Å². The van der Waals surface area contributed by atoms with Crippen LogP contribution >= 0.6 is 0 Å². The summed E-state index contributed by atoms with van der Waals surface area (Å²) in [6.07, 6.45) is 0.129. The van der Waals surface area contributed by atoms with Crippen molar-refractivity contribution >= 4 is 28.7 Å². The van der Waals surface area contributed by atoms with E-state index in [-0.39, 0.29) is 37.3 Å². The van der Waals surface area contributed by atoms with E-state index >= 15 is 0 Å².